The minimum absolute atomic E-state index is 0.0248. The summed E-state index contributed by atoms with van der Waals surface area (Å²) in [6.07, 6.45) is 0.121. The van der Waals surface area contributed by atoms with Gasteiger partial charge in [-0.25, -0.2) is 4.79 Å². The van der Waals surface area contributed by atoms with Crippen molar-refractivity contribution in [2.24, 2.45) is 5.92 Å². The molecular weight excluding hydrogens is 288 g/mol. The van der Waals surface area contributed by atoms with Gasteiger partial charge in [0.15, 0.2) is 5.78 Å². The van der Waals surface area contributed by atoms with E-state index >= 15 is 0 Å². The highest BCUT2D eigenvalue weighted by Crippen LogP contribution is 2.30. The van der Waals surface area contributed by atoms with E-state index in [2.05, 4.69) is 16.0 Å². The van der Waals surface area contributed by atoms with Crippen LogP contribution in [0.5, 0.6) is 0 Å². The third kappa shape index (κ3) is 3.11. The van der Waals surface area contributed by atoms with E-state index in [4.69, 9.17) is 0 Å². The Morgan fingerprint density at radius 2 is 2.09 bits per heavy atom. The van der Waals surface area contributed by atoms with Gasteiger partial charge in [0.2, 0.25) is 5.91 Å². The van der Waals surface area contributed by atoms with Crippen molar-refractivity contribution in [3.63, 3.8) is 0 Å². The van der Waals surface area contributed by atoms with Crippen LogP contribution < -0.4 is 16.0 Å². The largest absolute Gasteiger partial charge is 0.329 e. The predicted molar refractivity (Wildman–Crippen MR) is 77.9 cm³/mol. The fourth-order valence-corrected chi connectivity index (χ4v) is 2.88. The molecule has 22 heavy (non-hydrogen) atoms. The van der Waals surface area contributed by atoms with Crippen LogP contribution in [0.4, 0.5) is 4.79 Å². The molecule has 0 bridgehead atoms. The summed E-state index contributed by atoms with van der Waals surface area (Å²) in [5.74, 6) is -0.509. The second kappa shape index (κ2) is 6.04. The number of hydrogen-bond acceptors (Lipinski definition) is 5. The van der Waals surface area contributed by atoms with E-state index < -0.39 is 23.5 Å². The summed E-state index contributed by atoms with van der Waals surface area (Å²) >= 11 is 0. The molecular formula is C14H22N4O4. The van der Waals surface area contributed by atoms with Gasteiger partial charge in [0.05, 0.1) is 19.1 Å². The molecule has 8 heteroatoms. The first-order chi connectivity index (χ1) is 10.2. The minimum atomic E-state index is -1.18. The van der Waals surface area contributed by atoms with Crippen molar-refractivity contribution >= 4 is 23.6 Å². The van der Waals surface area contributed by atoms with Gasteiger partial charge in [-0.2, -0.15) is 0 Å². The molecule has 2 aliphatic rings. The molecule has 0 aromatic carbocycles. The summed E-state index contributed by atoms with van der Waals surface area (Å²) in [6, 6.07) is -1.27. The zero-order chi connectivity index (χ0) is 16.5. The van der Waals surface area contributed by atoms with Crippen LogP contribution in [-0.4, -0.2) is 59.7 Å². The molecule has 2 atom stereocenters. The van der Waals surface area contributed by atoms with Crippen molar-refractivity contribution in [1.82, 2.24) is 20.9 Å². The Balaban J connectivity index is 2.09. The van der Waals surface area contributed by atoms with Gasteiger partial charge in [0, 0.05) is 6.42 Å². The molecule has 2 heterocycles. The maximum Gasteiger partial charge on any atom is 0.322 e. The topological polar surface area (TPSA) is 108 Å². The monoisotopic (exact) mass is 310 g/mol. The summed E-state index contributed by atoms with van der Waals surface area (Å²) in [4.78, 5) is 48.9. The van der Waals surface area contributed by atoms with Crippen LogP contribution in [0, 0.1) is 5.92 Å². The second-order valence-electron chi connectivity index (χ2n) is 6.37. The number of nitrogens with one attached hydrogen (secondary N) is 3. The molecule has 1 spiro atoms. The van der Waals surface area contributed by atoms with Crippen LogP contribution in [0.3, 0.4) is 0 Å². The first-order valence-corrected chi connectivity index (χ1v) is 7.39. The SMILES string of the molecule is CC(=O)[C@@H]1C[C@@]2(CN1C(=O)CNCC(C)C)NC(=O)NC2=O. The fraction of sp³-hybridized carbons (Fsp3) is 0.714. The first kappa shape index (κ1) is 16.4. The highest BCUT2D eigenvalue weighted by Gasteiger charge is 2.56. The molecule has 0 unspecified atom stereocenters. The number of carbonyl (C=O) groups excluding carboxylic acids is 4. The number of amides is 4. The molecule has 0 saturated carbocycles. The molecule has 2 saturated heterocycles. The second-order valence-corrected chi connectivity index (χ2v) is 6.37. The van der Waals surface area contributed by atoms with Gasteiger partial charge in [-0.3, -0.25) is 19.7 Å². The van der Waals surface area contributed by atoms with Crippen LogP contribution in [0.1, 0.15) is 27.2 Å². The van der Waals surface area contributed by atoms with Crippen molar-refractivity contribution in [1.29, 1.82) is 0 Å². The molecule has 2 aliphatic heterocycles. The number of rotatable bonds is 5. The van der Waals surface area contributed by atoms with Crippen molar-refractivity contribution in [3.8, 4) is 0 Å². The molecule has 2 fully saturated rings. The lowest BCUT2D eigenvalue weighted by atomic mass is 9.95. The minimum Gasteiger partial charge on any atom is -0.329 e. The lowest BCUT2D eigenvalue weighted by Crippen LogP contribution is -2.50. The van der Waals surface area contributed by atoms with E-state index in [0.717, 1.165) is 0 Å². The standard InChI is InChI=1S/C14H22N4O4/c1-8(2)5-15-6-11(20)18-7-14(4-10(18)9(3)19)12(21)16-13(22)17-14/h8,10,15H,4-7H2,1-3H3,(H2,16,17,21,22)/t10-,14-/m0/s1. The van der Waals surface area contributed by atoms with Crippen LogP contribution in [0.2, 0.25) is 0 Å². The molecule has 122 valence electrons. The third-order valence-corrected chi connectivity index (χ3v) is 3.99. The Kier molecular flexibility index (Phi) is 4.50. The molecule has 0 aliphatic carbocycles. The summed E-state index contributed by atoms with van der Waals surface area (Å²) in [5, 5.41) is 7.76. The Morgan fingerprint density at radius 1 is 1.41 bits per heavy atom. The first-order valence-electron chi connectivity index (χ1n) is 7.39. The average Bonchev–Trinajstić information content (AvgIpc) is 2.91. The number of ketones is 1. The Hall–Kier alpha value is -1.96. The van der Waals surface area contributed by atoms with E-state index in [1.165, 1.54) is 11.8 Å². The molecule has 0 aromatic rings. The summed E-state index contributed by atoms with van der Waals surface area (Å²) in [5.41, 5.74) is -1.18. The maximum atomic E-state index is 12.3. The quantitative estimate of drug-likeness (QED) is 0.565. The Labute approximate surface area is 129 Å². The van der Waals surface area contributed by atoms with Gasteiger partial charge in [-0.1, -0.05) is 13.8 Å². The highest BCUT2D eigenvalue weighted by atomic mass is 16.2. The van der Waals surface area contributed by atoms with E-state index in [-0.39, 0.29) is 31.2 Å². The summed E-state index contributed by atoms with van der Waals surface area (Å²) in [6.45, 7) is 6.26. The predicted octanol–water partition coefficient (Wildman–Crippen LogP) is -1.000. The van der Waals surface area contributed by atoms with Crippen LogP contribution in [0.15, 0.2) is 0 Å². The molecule has 0 aromatic heterocycles. The van der Waals surface area contributed by atoms with Gasteiger partial charge in [0.25, 0.3) is 5.91 Å². The molecule has 4 amide bonds. The molecule has 2 rings (SSSR count). The van der Waals surface area contributed by atoms with E-state index in [9.17, 15) is 19.2 Å². The smallest absolute Gasteiger partial charge is 0.322 e. The number of carbonyl (C=O) groups is 4. The normalized spacial score (nSPS) is 27.5. The lowest BCUT2D eigenvalue weighted by molar-refractivity contribution is -0.136. The Bertz CT molecular complexity index is 519. The number of urea groups is 1. The molecule has 3 N–H and O–H groups in total. The number of Topliss-reactive ketones (excluding diaryl/α,β-unsaturated/α-hetero) is 1. The van der Waals surface area contributed by atoms with Crippen molar-refractivity contribution in [2.75, 3.05) is 19.6 Å². The molecule has 8 nitrogen and oxygen atoms in total. The third-order valence-electron chi connectivity index (χ3n) is 3.99. The zero-order valence-electron chi connectivity index (χ0n) is 13.1. The van der Waals surface area contributed by atoms with E-state index in [1.54, 1.807) is 0 Å². The van der Waals surface area contributed by atoms with E-state index in [0.29, 0.717) is 12.5 Å². The van der Waals surface area contributed by atoms with Crippen LogP contribution >= 0.6 is 0 Å². The number of hydrogen-bond donors (Lipinski definition) is 3. The lowest BCUT2D eigenvalue weighted by Gasteiger charge is -2.23. The summed E-state index contributed by atoms with van der Waals surface area (Å²) < 4.78 is 0. The summed E-state index contributed by atoms with van der Waals surface area (Å²) in [7, 11) is 0. The van der Waals surface area contributed by atoms with Crippen LogP contribution in [-0.2, 0) is 14.4 Å². The number of nitrogens with zero attached hydrogens (tertiary/aromatic N) is 1. The number of imide groups is 1. The van der Waals surface area contributed by atoms with Gasteiger partial charge in [-0.05, 0) is 19.4 Å². The number of likely N-dealkylation sites (tertiary alicyclic amines) is 1. The van der Waals surface area contributed by atoms with Crippen molar-refractivity contribution in [2.45, 2.75) is 38.8 Å². The van der Waals surface area contributed by atoms with Gasteiger partial charge in [-0.15, -0.1) is 0 Å². The van der Waals surface area contributed by atoms with Crippen LogP contribution in [0.25, 0.3) is 0 Å². The van der Waals surface area contributed by atoms with Crippen molar-refractivity contribution in [3.05, 3.63) is 0 Å². The Morgan fingerprint density at radius 3 is 2.59 bits per heavy atom. The van der Waals surface area contributed by atoms with Gasteiger partial charge < -0.3 is 15.5 Å². The molecule has 0 radical (unpaired) electrons. The maximum absolute atomic E-state index is 12.3. The zero-order valence-corrected chi connectivity index (χ0v) is 13.1. The average molecular weight is 310 g/mol. The fourth-order valence-electron chi connectivity index (χ4n) is 2.88. The van der Waals surface area contributed by atoms with E-state index in [1.807, 2.05) is 13.8 Å². The van der Waals surface area contributed by atoms with Gasteiger partial charge >= 0.3 is 6.03 Å². The van der Waals surface area contributed by atoms with Gasteiger partial charge in [0.1, 0.15) is 5.54 Å². The highest BCUT2D eigenvalue weighted by molar-refractivity contribution is 6.08. The van der Waals surface area contributed by atoms with Crippen molar-refractivity contribution < 1.29 is 19.2 Å².